The molecule has 14 unspecified atom stereocenters. The summed E-state index contributed by atoms with van der Waals surface area (Å²) in [5, 5.41) is 65.8. The van der Waals surface area contributed by atoms with Gasteiger partial charge in [-0.2, -0.15) is 0 Å². The largest absolute Gasteiger partial charge is 0.508 e. The molecule has 10 aliphatic carbocycles. The minimum Gasteiger partial charge on any atom is -0.508 e. The van der Waals surface area contributed by atoms with Crippen LogP contribution in [-0.4, -0.2) is 71.9 Å². The predicted octanol–water partition coefficient (Wildman–Crippen LogP) is 6.58. The fraction of sp³-hybridized carbons (Fsp3) is 0.547. The molecule has 11 heteroatoms. The number of aliphatic imine (C=N–C) groups is 1. The molecular formula is C53H61N3O8. The number of hydrogen-bond acceptors (Lipinski definition) is 8. The maximum absolute atomic E-state index is 16.5. The van der Waals surface area contributed by atoms with Crippen LogP contribution < -0.4 is 11.5 Å². The van der Waals surface area contributed by atoms with Crippen molar-refractivity contribution in [3.8, 4) is 0 Å². The average Bonchev–Trinajstić information content (AvgIpc) is 3.69. The number of carbonyl (C=O) groups is 3. The Morgan fingerprint density at radius 3 is 2.36 bits per heavy atom. The van der Waals surface area contributed by atoms with E-state index in [4.69, 9.17) is 16.5 Å². The van der Waals surface area contributed by atoms with Gasteiger partial charge in [0.25, 0.3) is 0 Å². The van der Waals surface area contributed by atoms with Crippen molar-refractivity contribution in [2.75, 3.05) is 0 Å². The molecule has 0 aliphatic heterocycles. The molecular weight excluding hydrogens is 807 g/mol. The van der Waals surface area contributed by atoms with Gasteiger partial charge in [0.2, 0.25) is 0 Å². The smallest absolute Gasteiger partial charge is 0.334 e. The molecule has 4 saturated carbocycles. The van der Waals surface area contributed by atoms with Crippen LogP contribution in [0.25, 0.3) is 6.08 Å². The molecule has 1 aromatic rings. The number of aliphatic hydroxyl groups is 4. The van der Waals surface area contributed by atoms with Gasteiger partial charge in [-0.05, 0) is 90.2 Å². The van der Waals surface area contributed by atoms with Gasteiger partial charge < -0.3 is 37.0 Å². The fourth-order valence-corrected chi connectivity index (χ4v) is 17.8. The molecule has 0 aromatic heterocycles. The number of aliphatic carboxylic acids is 1. The summed E-state index contributed by atoms with van der Waals surface area (Å²) in [4.78, 5) is 48.3. The van der Waals surface area contributed by atoms with E-state index < -0.39 is 103 Å². The highest BCUT2D eigenvalue weighted by Gasteiger charge is 2.90. The number of carboxylic acids is 1. The van der Waals surface area contributed by atoms with Gasteiger partial charge in [0.1, 0.15) is 22.7 Å². The minimum atomic E-state index is -2.30. The van der Waals surface area contributed by atoms with Crippen LogP contribution in [0.5, 0.6) is 0 Å². The Balaban J connectivity index is 1.31. The number of allylic oxidation sites excluding steroid dienone is 4. The summed E-state index contributed by atoms with van der Waals surface area (Å²) in [6.45, 7) is 11.6. The lowest BCUT2D eigenvalue weighted by Crippen LogP contribution is -2.73. The molecule has 11 rings (SSSR count). The first-order chi connectivity index (χ1) is 30.0. The molecule has 11 nitrogen and oxygen atoms in total. The standard InChI is InChI=1S/C53H61N3O8/c1-26(44(60)61)43(59)52(63)30-19-17-28-24-29-25-51(62)33(18-16-27-12-8-7-9-13-27)40-46(2,3)35(57)21-22-47(40,4)38-39(58)32-15-11-10-14-31-37(52)34(56-45(54)55)20-23-50(31)41(36(28)30)53(29,64)49(6,42(38)51)48(32,50)5/h7-9,12-13,16,18-20,23,25,31-34,37,40-41,59,62-64H,10-11,14-15,17,21-22,24H2,1-6H3,(H,60,61)(H4,54,55,56). The zero-order valence-corrected chi connectivity index (χ0v) is 37.6. The Morgan fingerprint density at radius 2 is 1.67 bits per heavy atom. The van der Waals surface area contributed by atoms with Gasteiger partial charge in [-0.15, -0.1) is 0 Å². The third kappa shape index (κ3) is 4.24. The molecule has 4 fully saturated rings. The Labute approximate surface area is 374 Å². The first-order valence-corrected chi connectivity index (χ1v) is 23.4. The zero-order chi connectivity index (χ0) is 45.7. The molecule has 336 valence electrons. The molecule has 9 N–H and O–H groups in total. The minimum absolute atomic E-state index is 0.0534. The quantitative estimate of drug-likeness (QED) is 0.0555. The molecule has 0 saturated heterocycles. The second kappa shape index (κ2) is 12.5. The van der Waals surface area contributed by atoms with Crippen molar-refractivity contribution in [1.82, 2.24) is 0 Å². The topological polar surface area (TPSA) is 217 Å². The van der Waals surface area contributed by atoms with Crippen molar-refractivity contribution >= 4 is 29.6 Å². The number of rotatable bonds is 5. The number of hydrogen-bond donors (Lipinski definition) is 7. The second-order valence-corrected chi connectivity index (χ2v) is 22.3. The van der Waals surface area contributed by atoms with Crippen molar-refractivity contribution in [2.24, 2.45) is 79.0 Å². The van der Waals surface area contributed by atoms with Crippen molar-refractivity contribution in [3.63, 3.8) is 0 Å². The number of carboxylic acid groups (broad SMARTS) is 1. The second-order valence-electron chi connectivity index (χ2n) is 22.3. The molecule has 14 atom stereocenters. The van der Waals surface area contributed by atoms with E-state index in [0.29, 0.717) is 66.4 Å². The van der Waals surface area contributed by atoms with Gasteiger partial charge in [0.15, 0.2) is 17.3 Å². The summed E-state index contributed by atoms with van der Waals surface area (Å²) in [7, 11) is 0. The zero-order valence-electron chi connectivity index (χ0n) is 37.6. The number of aliphatic hydroxyl groups excluding tert-OH is 1. The Morgan fingerprint density at radius 1 is 0.969 bits per heavy atom. The highest BCUT2D eigenvalue weighted by molar-refractivity contribution is 6.04. The van der Waals surface area contributed by atoms with Crippen molar-refractivity contribution in [2.45, 2.75) is 116 Å². The number of Topliss-reactive ketones (excluding diaryl/α,β-unsaturated/α-hetero) is 2. The first-order valence-electron chi connectivity index (χ1n) is 23.4. The highest BCUT2D eigenvalue weighted by Crippen LogP contribution is 2.89. The van der Waals surface area contributed by atoms with Crippen LogP contribution >= 0.6 is 0 Å². The number of benzene rings is 1. The molecule has 10 aliphatic rings. The van der Waals surface area contributed by atoms with Gasteiger partial charge >= 0.3 is 5.97 Å². The Kier molecular flexibility index (Phi) is 8.19. The van der Waals surface area contributed by atoms with Crippen molar-refractivity contribution in [1.29, 1.82) is 0 Å². The molecule has 1 spiro atoms. The summed E-state index contributed by atoms with van der Waals surface area (Å²) in [5.74, 6) is -6.51. The van der Waals surface area contributed by atoms with E-state index in [1.165, 1.54) is 6.92 Å². The van der Waals surface area contributed by atoms with Crippen LogP contribution in [-0.2, 0) is 14.4 Å². The molecule has 0 heterocycles. The fourth-order valence-electron chi connectivity index (χ4n) is 17.8. The number of guanidine groups is 1. The van der Waals surface area contributed by atoms with E-state index in [-0.39, 0.29) is 30.4 Å². The Bertz CT molecular complexity index is 2660. The van der Waals surface area contributed by atoms with E-state index in [9.17, 15) is 35.1 Å². The van der Waals surface area contributed by atoms with Crippen molar-refractivity contribution in [3.05, 3.63) is 111 Å². The number of nitrogens with two attached hydrogens (primary N) is 2. The first kappa shape index (κ1) is 41.8. The summed E-state index contributed by atoms with van der Waals surface area (Å²) in [5.41, 5.74) is 5.36. The van der Waals surface area contributed by atoms with Crippen molar-refractivity contribution < 1.29 is 39.9 Å². The van der Waals surface area contributed by atoms with E-state index in [2.05, 4.69) is 32.9 Å². The SMILES string of the molecule is CC(C(=O)O)=C(O)C1(O)C2=CCC3=C2C2C4(O)C(=CC5(O)C6=C(C(=O)C7CCCCC8C1C(N=C(N)N)C=CC82C7(C)C64C)C1(C)CCC(=O)C(C)(C)C1C5C=Cc1ccccc1)C3. The number of fused-ring (bicyclic) bond motifs is 2. The molecule has 64 heavy (non-hydrogen) atoms. The van der Waals surface area contributed by atoms with Crippen LogP contribution in [0.3, 0.4) is 0 Å². The predicted molar refractivity (Wildman–Crippen MR) is 241 cm³/mol. The monoisotopic (exact) mass is 867 g/mol. The number of carbonyl (C=O) groups excluding carboxylic acids is 2. The summed E-state index contributed by atoms with van der Waals surface area (Å²) >= 11 is 0. The van der Waals surface area contributed by atoms with E-state index in [1.54, 1.807) is 0 Å². The lowest BCUT2D eigenvalue weighted by Gasteiger charge is -2.71. The van der Waals surface area contributed by atoms with Gasteiger partial charge in [-0.25, -0.2) is 9.79 Å². The molecule has 0 radical (unpaired) electrons. The van der Waals surface area contributed by atoms with Gasteiger partial charge in [0, 0.05) is 57.3 Å². The third-order valence-corrected chi connectivity index (χ3v) is 20.1. The lowest BCUT2D eigenvalue weighted by molar-refractivity contribution is -0.181. The van der Waals surface area contributed by atoms with Gasteiger partial charge in [-0.1, -0.05) is 114 Å². The van der Waals surface area contributed by atoms with Crippen LogP contribution in [0.2, 0.25) is 0 Å². The molecule has 2 bridgehead atoms. The van der Waals surface area contributed by atoms with Crippen LogP contribution in [0.15, 0.2) is 110 Å². The van der Waals surface area contributed by atoms with Crippen LogP contribution in [0.1, 0.15) is 98.5 Å². The maximum Gasteiger partial charge on any atom is 0.334 e. The van der Waals surface area contributed by atoms with Crippen LogP contribution in [0.4, 0.5) is 0 Å². The lowest BCUT2D eigenvalue weighted by atomic mass is 9.32. The van der Waals surface area contributed by atoms with Gasteiger partial charge in [-0.3, -0.25) is 9.59 Å². The summed E-state index contributed by atoms with van der Waals surface area (Å²) < 4.78 is 0. The third-order valence-electron chi connectivity index (χ3n) is 20.1. The Hall–Kier alpha value is -4.84. The molecule has 0 amide bonds. The van der Waals surface area contributed by atoms with E-state index in [1.807, 2.05) is 68.5 Å². The maximum atomic E-state index is 16.5. The molecule has 1 aromatic carbocycles. The van der Waals surface area contributed by atoms with E-state index in [0.717, 1.165) is 11.1 Å². The normalized spacial score (nSPS) is 46.7. The summed E-state index contributed by atoms with van der Waals surface area (Å²) in [6.07, 6.45) is 15.4. The summed E-state index contributed by atoms with van der Waals surface area (Å²) in [6, 6.07) is 8.97. The number of ketones is 2. The average molecular weight is 868 g/mol. The number of nitrogens with zero attached hydrogens (tertiary/aromatic N) is 1. The van der Waals surface area contributed by atoms with E-state index >= 15 is 4.79 Å². The van der Waals surface area contributed by atoms with Crippen LogP contribution in [0, 0.1) is 62.6 Å². The highest BCUT2D eigenvalue weighted by atomic mass is 16.4. The van der Waals surface area contributed by atoms with Gasteiger partial charge in [0.05, 0.1) is 11.6 Å².